The third-order valence-electron chi connectivity index (χ3n) is 17.6. The fourth-order valence-electron chi connectivity index (χ4n) is 13.8. The number of nitrogens with zero attached hydrogens (tertiary/aromatic N) is 6. The van der Waals surface area contributed by atoms with Gasteiger partial charge in [-0.3, -0.25) is 9.59 Å². The average Bonchev–Trinajstić information content (AvgIpc) is 4.12. The molecular weight excluding hydrogens is 1020 g/mol. The lowest BCUT2D eigenvalue weighted by molar-refractivity contribution is -0.132. The van der Waals surface area contributed by atoms with Crippen molar-refractivity contribution in [3.05, 3.63) is 105 Å². The zero-order valence-corrected chi connectivity index (χ0v) is 47.3. The fraction of sp³-hybridized carbons (Fsp3) is 0.500. The number of likely N-dealkylation sites (tertiary alicyclic amines) is 2. The van der Waals surface area contributed by atoms with Crippen molar-refractivity contribution in [3.63, 3.8) is 0 Å². The van der Waals surface area contributed by atoms with Gasteiger partial charge < -0.3 is 38.2 Å². The van der Waals surface area contributed by atoms with Crippen molar-refractivity contribution in [2.24, 2.45) is 0 Å². The molecule has 4 aromatic carbocycles. The van der Waals surface area contributed by atoms with Crippen LogP contribution in [0.1, 0.15) is 161 Å². The summed E-state index contributed by atoms with van der Waals surface area (Å²) in [6.45, 7) is 11.3. The number of carbonyl (C=O) groups is 4. The number of hydrogen-bond acceptors (Lipinski definition) is 8. The molecule has 6 heterocycles. The fourth-order valence-corrected chi connectivity index (χ4v) is 14.1. The summed E-state index contributed by atoms with van der Waals surface area (Å²) in [6, 6.07) is 24.8. The standard InChI is InChI=1S/C32H36ClN3O4.C32H40ClN3O2/c1-2-40-32(39)21-11-14-27-25(17-21)26-19-29(37)35(20-30(38)34-15-7-4-8-16-34)28-18-22(33)12-13-24(28)31(26)36(27)23-9-5-3-6-10-23;1-2-38-32(37)23-11-14-29-28(21-23)26-15-18-35(20-19-34-16-7-4-8-17-34)30-22-24(33)12-13-27(30)31(26)36(29)25-9-5-3-6-10-25/h11-14,17-18,23H,2-10,15-16,19-20H2,1H3;11-14,21-22,25H,2-10,15-20H2,1H3. The first-order chi connectivity index (χ1) is 38.1. The third kappa shape index (κ3) is 11.1. The summed E-state index contributed by atoms with van der Waals surface area (Å²) >= 11 is 13.1. The van der Waals surface area contributed by atoms with Gasteiger partial charge in [0.1, 0.15) is 6.54 Å². The van der Waals surface area contributed by atoms with E-state index in [0.717, 1.165) is 117 Å². The number of halogens is 2. The molecule has 2 saturated heterocycles. The van der Waals surface area contributed by atoms with Gasteiger partial charge in [-0.15, -0.1) is 0 Å². The Balaban J connectivity index is 0.000000166. The maximum absolute atomic E-state index is 14.0. The normalized spacial score (nSPS) is 18.3. The Hall–Kier alpha value is -5.82. The van der Waals surface area contributed by atoms with Gasteiger partial charge >= 0.3 is 11.9 Å². The van der Waals surface area contributed by atoms with Crippen molar-refractivity contribution in [1.82, 2.24) is 18.9 Å². The number of amides is 2. The summed E-state index contributed by atoms with van der Waals surface area (Å²) in [5.41, 5.74) is 12.1. The Morgan fingerprint density at radius 3 is 1.62 bits per heavy atom. The summed E-state index contributed by atoms with van der Waals surface area (Å²) in [5, 5.41) is 3.41. The van der Waals surface area contributed by atoms with Gasteiger partial charge in [0.05, 0.1) is 47.8 Å². The first-order valence-electron chi connectivity index (χ1n) is 29.4. The molecule has 0 spiro atoms. The van der Waals surface area contributed by atoms with E-state index in [4.69, 9.17) is 32.7 Å². The first kappa shape index (κ1) is 54.2. The topological polar surface area (TPSA) is 110 Å². The van der Waals surface area contributed by atoms with Crippen LogP contribution in [0.3, 0.4) is 0 Å². The van der Waals surface area contributed by atoms with Gasteiger partial charge in [-0.1, -0.05) is 68.1 Å². The molecule has 0 atom stereocenters. The van der Waals surface area contributed by atoms with Crippen LogP contribution in [0.5, 0.6) is 0 Å². The summed E-state index contributed by atoms with van der Waals surface area (Å²) < 4.78 is 15.7. The lowest BCUT2D eigenvalue weighted by Crippen LogP contribution is -2.45. The van der Waals surface area contributed by atoms with Crippen LogP contribution in [0.4, 0.5) is 11.4 Å². The largest absolute Gasteiger partial charge is 0.462 e. The molecule has 0 N–H and O–H groups in total. The molecule has 0 radical (unpaired) electrons. The van der Waals surface area contributed by atoms with E-state index in [1.807, 2.05) is 60.4 Å². The molecule has 12 nitrogen and oxygen atoms in total. The maximum atomic E-state index is 14.0. The molecule has 2 saturated carbocycles. The van der Waals surface area contributed by atoms with E-state index in [1.165, 1.54) is 104 Å². The van der Waals surface area contributed by atoms with E-state index in [1.54, 1.807) is 11.8 Å². The third-order valence-corrected chi connectivity index (χ3v) is 18.0. The average molecular weight is 1100 g/mol. The summed E-state index contributed by atoms with van der Waals surface area (Å²) in [7, 11) is 0. The van der Waals surface area contributed by atoms with Gasteiger partial charge in [0.2, 0.25) is 11.8 Å². The number of aromatic nitrogens is 2. The molecule has 2 aliphatic carbocycles. The summed E-state index contributed by atoms with van der Waals surface area (Å²) in [4.78, 5) is 61.5. The van der Waals surface area contributed by atoms with Crippen molar-refractivity contribution < 1.29 is 28.7 Å². The van der Waals surface area contributed by atoms with Crippen LogP contribution < -0.4 is 9.80 Å². The van der Waals surface area contributed by atoms with Gasteiger partial charge in [-0.2, -0.15) is 0 Å². The maximum Gasteiger partial charge on any atom is 0.338 e. The predicted molar refractivity (Wildman–Crippen MR) is 314 cm³/mol. The molecule has 78 heavy (non-hydrogen) atoms. The second-order valence-electron chi connectivity index (χ2n) is 22.4. The van der Waals surface area contributed by atoms with Crippen LogP contribution in [-0.4, -0.2) is 108 Å². The predicted octanol–water partition coefficient (Wildman–Crippen LogP) is 14.0. The molecule has 12 rings (SSSR count). The molecule has 14 heteroatoms. The van der Waals surface area contributed by atoms with Crippen molar-refractivity contribution in [1.29, 1.82) is 0 Å². The number of esters is 2. The van der Waals surface area contributed by atoms with Crippen LogP contribution in [0.2, 0.25) is 10.0 Å². The number of benzene rings is 4. The summed E-state index contributed by atoms with van der Waals surface area (Å²) in [6.07, 6.45) is 20.1. The first-order valence-corrected chi connectivity index (χ1v) is 30.2. The van der Waals surface area contributed by atoms with E-state index in [0.29, 0.717) is 41.1 Å². The van der Waals surface area contributed by atoms with E-state index in [9.17, 15) is 19.2 Å². The van der Waals surface area contributed by atoms with Crippen LogP contribution in [-0.2, 0) is 31.9 Å². The molecule has 0 bridgehead atoms. The smallest absolute Gasteiger partial charge is 0.338 e. The number of fused-ring (bicyclic) bond motifs is 10. The Bertz CT molecular complexity index is 3190. The number of rotatable bonds is 11. The van der Waals surface area contributed by atoms with Gasteiger partial charge in [0.25, 0.3) is 0 Å². The van der Waals surface area contributed by atoms with Crippen LogP contribution >= 0.6 is 23.2 Å². The molecule has 4 fully saturated rings. The molecule has 412 valence electrons. The Morgan fingerprint density at radius 2 is 1.05 bits per heavy atom. The molecule has 2 aromatic heterocycles. The number of piperidine rings is 2. The highest BCUT2D eigenvalue weighted by molar-refractivity contribution is 6.31. The quantitative estimate of drug-likeness (QED) is 0.118. The van der Waals surface area contributed by atoms with Crippen LogP contribution in [0, 0.1) is 0 Å². The minimum atomic E-state index is -0.371. The second kappa shape index (κ2) is 24.3. The summed E-state index contributed by atoms with van der Waals surface area (Å²) in [5.74, 6) is -0.783. The monoisotopic (exact) mass is 1090 g/mol. The number of hydrogen-bond donors (Lipinski definition) is 0. The van der Waals surface area contributed by atoms with E-state index in [2.05, 4.69) is 43.2 Å². The van der Waals surface area contributed by atoms with Crippen molar-refractivity contribution in [3.8, 4) is 22.5 Å². The van der Waals surface area contributed by atoms with Crippen LogP contribution in [0.25, 0.3) is 44.3 Å². The zero-order valence-electron chi connectivity index (χ0n) is 45.8. The van der Waals surface area contributed by atoms with Crippen molar-refractivity contribution in [2.75, 3.05) is 75.4 Å². The molecule has 0 unspecified atom stereocenters. The lowest BCUT2D eigenvalue weighted by atomic mass is 9.94. The highest BCUT2D eigenvalue weighted by Gasteiger charge is 2.36. The van der Waals surface area contributed by atoms with E-state index >= 15 is 0 Å². The van der Waals surface area contributed by atoms with Gasteiger partial charge in [-0.25, -0.2) is 9.59 Å². The molecule has 2 amide bonds. The Kier molecular flexibility index (Phi) is 16.9. The molecule has 6 aromatic rings. The number of anilines is 2. The van der Waals surface area contributed by atoms with Gasteiger partial charge in [-0.05, 0) is 175 Å². The molecule has 4 aliphatic heterocycles. The SMILES string of the molecule is CCOC(=O)c1ccc2c(c1)c1c(n2C2CCCCC2)-c2ccc(Cl)cc2N(CC(=O)N2CCCCC2)C(=O)C1.CCOC(=O)c1ccc2c(c1)c1c(n2C2CCCCC2)-c2ccc(Cl)cc2N(CCN2CCCCC2)CC1. The zero-order chi connectivity index (χ0) is 53.9. The number of carbonyl (C=O) groups excluding carboxylic acids is 4. The van der Waals surface area contributed by atoms with Gasteiger partial charge in [0.15, 0.2) is 0 Å². The minimum absolute atomic E-state index is 0.00805. The second-order valence-corrected chi connectivity index (χ2v) is 23.3. The van der Waals surface area contributed by atoms with E-state index in [-0.39, 0.29) is 42.8 Å². The van der Waals surface area contributed by atoms with Crippen molar-refractivity contribution in [2.45, 2.75) is 142 Å². The van der Waals surface area contributed by atoms with Crippen LogP contribution in [0.15, 0.2) is 72.8 Å². The Morgan fingerprint density at radius 1 is 0.551 bits per heavy atom. The molecule has 6 aliphatic rings. The van der Waals surface area contributed by atoms with Crippen molar-refractivity contribution >= 4 is 80.1 Å². The highest BCUT2D eigenvalue weighted by Crippen LogP contribution is 2.49. The minimum Gasteiger partial charge on any atom is -0.462 e. The molecular formula is C64H76Cl2N6O6. The van der Waals surface area contributed by atoms with E-state index < -0.39 is 0 Å². The van der Waals surface area contributed by atoms with Gasteiger partial charge in [0, 0.05) is 93.5 Å². The number of ether oxygens (including phenoxy) is 2. The Labute approximate surface area is 469 Å². The lowest BCUT2D eigenvalue weighted by Gasteiger charge is -2.32. The highest BCUT2D eigenvalue weighted by atomic mass is 35.5.